The van der Waals surface area contributed by atoms with Crippen molar-refractivity contribution in [3.63, 3.8) is 0 Å². The summed E-state index contributed by atoms with van der Waals surface area (Å²) in [5, 5.41) is 0. The van der Waals surface area contributed by atoms with Crippen LogP contribution in [0.2, 0.25) is 0 Å². The van der Waals surface area contributed by atoms with Gasteiger partial charge in [0.05, 0.1) is 19.5 Å². The molecule has 0 atom stereocenters. The van der Waals surface area contributed by atoms with E-state index in [1.165, 1.54) is 0 Å². The lowest BCUT2D eigenvalue weighted by Crippen LogP contribution is -2.23. The molecule has 0 saturated heterocycles. The van der Waals surface area contributed by atoms with Crippen molar-refractivity contribution in [2.45, 2.75) is 6.92 Å². The average molecular weight is 210 g/mol. The van der Waals surface area contributed by atoms with Crippen LogP contribution in [0.1, 0.15) is 6.92 Å². The van der Waals surface area contributed by atoms with E-state index in [4.69, 9.17) is 9.47 Å². The topological polar surface area (TPSA) is 34.6 Å². The Bertz CT molecular complexity index is 292. The van der Waals surface area contributed by atoms with Gasteiger partial charge in [0, 0.05) is 12.6 Å². The molecule has 1 rings (SSSR count). The molecule has 1 aromatic rings. The molecule has 84 valence electrons. The van der Waals surface area contributed by atoms with Gasteiger partial charge in [0.2, 0.25) is 0 Å². The Morgan fingerprint density at radius 3 is 2.73 bits per heavy atom. The fourth-order valence-electron chi connectivity index (χ4n) is 1.07. The SMILES string of the molecule is CCN(C)CCOc1cncc(OC)c1. The minimum absolute atomic E-state index is 0.666. The van der Waals surface area contributed by atoms with Crippen LogP contribution < -0.4 is 9.47 Å². The Balaban J connectivity index is 2.37. The molecule has 1 aromatic heterocycles. The van der Waals surface area contributed by atoms with E-state index in [1.807, 2.05) is 6.07 Å². The van der Waals surface area contributed by atoms with Crippen LogP contribution in [0, 0.1) is 0 Å². The second-order valence-electron chi connectivity index (χ2n) is 3.30. The summed E-state index contributed by atoms with van der Waals surface area (Å²) < 4.78 is 10.6. The molecule has 0 fully saturated rings. The molecule has 0 amide bonds. The van der Waals surface area contributed by atoms with Crippen LogP contribution >= 0.6 is 0 Å². The summed E-state index contributed by atoms with van der Waals surface area (Å²) in [6, 6.07) is 1.83. The molecule has 4 heteroatoms. The summed E-state index contributed by atoms with van der Waals surface area (Å²) in [4.78, 5) is 6.20. The van der Waals surface area contributed by atoms with Crippen molar-refractivity contribution in [2.24, 2.45) is 0 Å². The van der Waals surface area contributed by atoms with E-state index in [9.17, 15) is 0 Å². The predicted octanol–water partition coefficient (Wildman–Crippen LogP) is 1.42. The Labute approximate surface area is 90.8 Å². The first-order valence-corrected chi connectivity index (χ1v) is 5.06. The number of likely N-dealkylation sites (N-methyl/N-ethyl adjacent to an activating group) is 1. The highest BCUT2D eigenvalue weighted by molar-refractivity contribution is 5.27. The van der Waals surface area contributed by atoms with Crippen LogP contribution in [-0.4, -0.2) is 43.7 Å². The van der Waals surface area contributed by atoms with E-state index in [2.05, 4.69) is 23.9 Å². The largest absolute Gasteiger partial charge is 0.495 e. The lowest BCUT2D eigenvalue weighted by Gasteiger charge is -2.14. The van der Waals surface area contributed by atoms with Gasteiger partial charge in [-0.2, -0.15) is 0 Å². The molecule has 0 radical (unpaired) electrons. The molecule has 0 aliphatic rings. The zero-order valence-corrected chi connectivity index (χ0v) is 9.56. The van der Waals surface area contributed by atoms with E-state index in [1.54, 1.807) is 19.5 Å². The smallest absolute Gasteiger partial charge is 0.141 e. The zero-order chi connectivity index (χ0) is 11.1. The van der Waals surface area contributed by atoms with E-state index in [-0.39, 0.29) is 0 Å². The summed E-state index contributed by atoms with van der Waals surface area (Å²) >= 11 is 0. The van der Waals surface area contributed by atoms with Gasteiger partial charge < -0.3 is 14.4 Å². The number of nitrogens with zero attached hydrogens (tertiary/aromatic N) is 2. The number of hydrogen-bond donors (Lipinski definition) is 0. The number of rotatable bonds is 6. The van der Waals surface area contributed by atoms with Crippen LogP contribution in [0.4, 0.5) is 0 Å². The van der Waals surface area contributed by atoms with E-state index >= 15 is 0 Å². The molecule has 0 spiro atoms. The third-order valence-electron chi connectivity index (χ3n) is 2.21. The first kappa shape index (κ1) is 11.8. The van der Waals surface area contributed by atoms with Crippen LogP contribution in [0.25, 0.3) is 0 Å². The highest BCUT2D eigenvalue weighted by Gasteiger charge is 1.98. The molecule has 0 aliphatic carbocycles. The highest BCUT2D eigenvalue weighted by Crippen LogP contribution is 2.16. The van der Waals surface area contributed by atoms with Gasteiger partial charge in [-0.3, -0.25) is 4.98 Å². The lowest BCUT2D eigenvalue weighted by molar-refractivity contribution is 0.242. The molecule has 1 heterocycles. The first-order chi connectivity index (χ1) is 7.26. The van der Waals surface area contributed by atoms with E-state index in [0.717, 1.165) is 24.6 Å². The Morgan fingerprint density at radius 2 is 2.07 bits per heavy atom. The molecule has 0 unspecified atom stereocenters. The van der Waals surface area contributed by atoms with Gasteiger partial charge >= 0.3 is 0 Å². The summed E-state index contributed by atoms with van der Waals surface area (Å²) in [6.45, 7) is 4.72. The van der Waals surface area contributed by atoms with Crippen molar-refractivity contribution >= 4 is 0 Å². The van der Waals surface area contributed by atoms with Crippen molar-refractivity contribution in [2.75, 3.05) is 33.9 Å². The summed E-state index contributed by atoms with van der Waals surface area (Å²) in [7, 11) is 3.68. The van der Waals surface area contributed by atoms with Crippen molar-refractivity contribution < 1.29 is 9.47 Å². The fraction of sp³-hybridized carbons (Fsp3) is 0.545. The van der Waals surface area contributed by atoms with Gasteiger partial charge in [0.1, 0.15) is 18.1 Å². The molecular weight excluding hydrogens is 192 g/mol. The molecule has 4 nitrogen and oxygen atoms in total. The van der Waals surface area contributed by atoms with Crippen LogP contribution in [0.5, 0.6) is 11.5 Å². The second-order valence-corrected chi connectivity index (χ2v) is 3.30. The third-order valence-corrected chi connectivity index (χ3v) is 2.21. The molecule has 15 heavy (non-hydrogen) atoms. The quantitative estimate of drug-likeness (QED) is 0.711. The van der Waals surface area contributed by atoms with Crippen molar-refractivity contribution in [1.82, 2.24) is 9.88 Å². The predicted molar refractivity (Wildman–Crippen MR) is 59.5 cm³/mol. The van der Waals surface area contributed by atoms with Crippen molar-refractivity contribution in [3.05, 3.63) is 18.5 Å². The molecule has 0 bridgehead atoms. The average Bonchev–Trinajstić information content (AvgIpc) is 2.29. The van der Waals surface area contributed by atoms with E-state index < -0.39 is 0 Å². The zero-order valence-electron chi connectivity index (χ0n) is 9.56. The number of hydrogen-bond acceptors (Lipinski definition) is 4. The standard InChI is InChI=1S/C11H18N2O2/c1-4-13(2)5-6-15-11-7-10(14-3)8-12-9-11/h7-9H,4-6H2,1-3H3. The highest BCUT2D eigenvalue weighted by atomic mass is 16.5. The second kappa shape index (κ2) is 6.24. The maximum Gasteiger partial charge on any atom is 0.141 e. The van der Waals surface area contributed by atoms with Gasteiger partial charge in [0.25, 0.3) is 0 Å². The fourth-order valence-corrected chi connectivity index (χ4v) is 1.07. The number of pyridine rings is 1. The third kappa shape index (κ3) is 4.16. The molecule has 0 aliphatic heterocycles. The summed E-state index contributed by atoms with van der Waals surface area (Å²) in [6.07, 6.45) is 3.35. The van der Waals surface area contributed by atoms with Crippen molar-refractivity contribution in [3.8, 4) is 11.5 Å². The summed E-state index contributed by atoms with van der Waals surface area (Å²) in [5.74, 6) is 1.47. The molecule has 0 aromatic carbocycles. The van der Waals surface area contributed by atoms with E-state index in [0.29, 0.717) is 6.61 Å². The number of ether oxygens (including phenoxy) is 2. The monoisotopic (exact) mass is 210 g/mol. The summed E-state index contributed by atoms with van der Waals surface area (Å²) in [5.41, 5.74) is 0. The minimum atomic E-state index is 0.666. The first-order valence-electron chi connectivity index (χ1n) is 5.06. The van der Waals surface area contributed by atoms with Gasteiger partial charge in [0.15, 0.2) is 0 Å². The van der Waals surface area contributed by atoms with Gasteiger partial charge in [-0.25, -0.2) is 0 Å². The lowest BCUT2D eigenvalue weighted by atomic mass is 10.4. The Morgan fingerprint density at radius 1 is 1.33 bits per heavy atom. The molecular formula is C11H18N2O2. The van der Waals surface area contributed by atoms with Crippen LogP contribution in [-0.2, 0) is 0 Å². The maximum atomic E-state index is 5.54. The van der Waals surface area contributed by atoms with Crippen molar-refractivity contribution in [1.29, 1.82) is 0 Å². The number of aromatic nitrogens is 1. The van der Waals surface area contributed by atoms with Gasteiger partial charge in [-0.05, 0) is 13.6 Å². The normalized spacial score (nSPS) is 10.4. The Kier molecular flexibility index (Phi) is 4.90. The van der Waals surface area contributed by atoms with Gasteiger partial charge in [-0.1, -0.05) is 6.92 Å². The number of methoxy groups -OCH3 is 1. The van der Waals surface area contributed by atoms with Gasteiger partial charge in [-0.15, -0.1) is 0 Å². The minimum Gasteiger partial charge on any atom is -0.495 e. The van der Waals surface area contributed by atoms with Crippen LogP contribution in [0.15, 0.2) is 18.5 Å². The molecule has 0 saturated carbocycles. The molecule has 0 N–H and O–H groups in total. The Hall–Kier alpha value is -1.29. The van der Waals surface area contributed by atoms with Crippen LogP contribution in [0.3, 0.4) is 0 Å². The maximum absolute atomic E-state index is 5.54.